The first kappa shape index (κ1) is 11.9. The number of rotatable bonds is 2. The van der Waals surface area contributed by atoms with Gasteiger partial charge in [0, 0.05) is 17.9 Å². The van der Waals surface area contributed by atoms with Crippen LogP contribution in [0.15, 0.2) is 18.2 Å². The fourth-order valence-electron chi connectivity index (χ4n) is 1.86. The van der Waals surface area contributed by atoms with Gasteiger partial charge in [-0.1, -0.05) is 0 Å². The van der Waals surface area contributed by atoms with Crippen molar-refractivity contribution in [2.24, 2.45) is 0 Å². The molecule has 0 saturated carbocycles. The molecule has 17 heavy (non-hydrogen) atoms. The van der Waals surface area contributed by atoms with Gasteiger partial charge in [-0.05, 0) is 31.5 Å². The molecule has 2 rings (SSSR count). The molecule has 1 heterocycles. The first-order valence-electron chi connectivity index (χ1n) is 5.45. The number of carbonyl (C=O) groups is 1. The van der Waals surface area contributed by atoms with Crippen molar-refractivity contribution in [3.63, 3.8) is 0 Å². The smallest absolute Gasteiger partial charge is 0.251 e. The molecule has 1 aromatic carbocycles. The third kappa shape index (κ3) is 2.74. The predicted octanol–water partition coefficient (Wildman–Crippen LogP) is 1.32. The maximum atomic E-state index is 13.1. The van der Waals surface area contributed by atoms with Gasteiger partial charge >= 0.3 is 0 Å². The molecule has 0 radical (unpaired) electrons. The Morgan fingerprint density at radius 1 is 1.53 bits per heavy atom. The van der Waals surface area contributed by atoms with E-state index >= 15 is 0 Å². The van der Waals surface area contributed by atoms with Gasteiger partial charge in [0.1, 0.15) is 5.82 Å². The summed E-state index contributed by atoms with van der Waals surface area (Å²) in [6, 6.07) is 3.81. The molecule has 1 atom stereocenters. The SMILES string of the molecule is CC1(NC(=O)c2cc(N)cc(F)c2)CCOC1. The van der Waals surface area contributed by atoms with E-state index in [0.29, 0.717) is 13.2 Å². The molecule has 92 valence electrons. The van der Waals surface area contributed by atoms with E-state index < -0.39 is 5.82 Å². The summed E-state index contributed by atoms with van der Waals surface area (Å²) in [5.74, 6) is -0.841. The first-order chi connectivity index (χ1) is 7.98. The van der Waals surface area contributed by atoms with Crippen molar-refractivity contribution in [3.8, 4) is 0 Å². The number of nitrogens with one attached hydrogen (secondary N) is 1. The average molecular weight is 238 g/mol. The van der Waals surface area contributed by atoms with Crippen LogP contribution in [0.1, 0.15) is 23.7 Å². The minimum absolute atomic E-state index is 0.232. The molecule has 0 bridgehead atoms. The molecule has 4 nitrogen and oxygen atoms in total. The highest BCUT2D eigenvalue weighted by atomic mass is 19.1. The summed E-state index contributed by atoms with van der Waals surface area (Å²) >= 11 is 0. The van der Waals surface area contributed by atoms with Crippen molar-refractivity contribution in [2.45, 2.75) is 18.9 Å². The highest BCUT2D eigenvalue weighted by Crippen LogP contribution is 2.19. The van der Waals surface area contributed by atoms with Gasteiger partial charge in [-0.3, -0.25) is 4.79 Å². The number of hydrogen-bond acceptors (Lipinski definition) is 3. The second kappa shape index (κ2) is 4.33. The lowest BCUT2D eigenvalue weighted by molar-refractivity contribution is 0.0889. The fraction of sp³-hybridized carbons (Fsp3) is 0.417. The van der Waals surface area contributed by atoms with Crippen LogP contribution in [0.5, 0.6) is 0 Å². The highest BCUT2D eigenvalue weighted by Gasteiger charge is 2.31. The highest BCUT2D eigenvalue weighted by molar-refractivity contribution is 5.95. The molecule has 1 fully saturated rings. The zero-order chi connectivity index (χ0) is 12.5. The molecule has 0 aromatic heterocycles. The Kier molecular flexibility index (Phi) is 3.02. The van der Waals surface area contributed by atoms with Crippen LogP contribution in [-0.2, 0) is 4.74 Å². The minimum atomic E-state index is -0.511. The van der Waals surface area contributed by atoms with Crippen molar-refractivity contribution < 1.29 is 13.9 Å². The van der Waals surface area contributed by atoms with E-state index in [9.17, 15) is 9.18 Å². The fourth-order valence-corrected chi connectivity index (χ4v) is 1.86. The van der Waals surface area contributed by atoms with E-state index in [0.717, 1.165) is 6.42 Å². The van der Waals surface area contributed by atoms with Gasteiger partial charge in [-0.15, -0.1) is 0 Å². The van der Waals surface area contributed by atoms with E-state index in [1.165, 1.54) is 18.2 Å². The number of halogens is 1. The minimum Gasteiger partial charge on any atom is -0.399 e. The van der Waals surface area contributed by atoms with Crippen LogP contribution < -0.4 is 11.1 Å². The van der Waals surface area contributed by atoms with E-state index in [4.69, 9.17) is 10.5 Å². The lowest BCUT2D eigenvalue weighted by atomic mass is 10.0. The molecule has 3 N–H and O–H groups in total. The third-order valence-electron chi connectivity index (χ3n) is 2.82. The van der Waals surface area contributed by atoms with E-state index in [-0.39, 0.29) is 22.7 Å². The van der Waals surface area contributed by atoms with E-state index in [1.807, 2.05) is 6.92 Å². The maximum Gasteiger partial charge on any atom is 0.251 e. The number of amides is 1. The van der Waals surface area contributed by atoms with Crippen molar-refractivity contribution in [1.82, 2.24) is 5.32 Å². The van der Waals surface area contributed by atoms with Crippen molar-refractivity contribution in [3.05, 3.63) is 29.6 Å². The molecule has 1 unspecified atom stereocenters. The van der Waals surface area contributed by atoms with Gasteiger partial charge in [0.15, 0.2) is 0 Å². The molecule has 1 aliphatic rings. The van der Waals surface area contributed by atoms with Crippen molar-refractivity contribution in [1.29, 1.82) is 0 Å². The molecule has 0 spiro atoms. The lowest BCUT2D eigenvalue weighted by Gasteiger charge is -2.23. The Hall–Kier alpha value is -1.62. The molecule has 1 amide bonds. The maximum absolute atomic E-state index is 13.1. The summed E-state index contributed by atoms with van der Waals surface area (Å²) in [5.41, 5.74) is 5.59. The first-order valence-corrected chi connectivity index (χ1v) is 5.45. The van der Waals surface area contributed by atoms with Gasteiger partial charge < -0.3 is 15.8 Å². The van der Waals surface area contributed by atoms with Gasteiger partial charge in [0.2, 0.25) is 0 Å². The monoisotopic (exact) mass is 238 g/mol. The molecule has 1 aliphatic heterocycles. The zero-order valence-corrected chi connectivity index (χ0v) is 9.63. The second-order valence-corrected chi connectivity index (χ2v) is 4.59. The number of ether oxygens (including phenoxy) is 1. The summed E-state index contributed by atoms with van der Waals surface area (Å²) in [5, 5.41) is 2.84. The number of nitrogen functional groups attached to an aromatic ring is 1. The Labute approximate surface area is 98.9 Å². The normalized spacial score (nSPS) is 23.6. The quantitative estimate of drug-likeness (QED) is 0.764. The Balaban J connectivity index is 2.14. The van der Waals surface area contributed by atoms with Crippen molar-refractivity contribution in [2.75, 3.05) is 18.9 Å². The Morgan fingerprint density at radius 2 is 2.29 bits per heavy atom. The molecule has 1 aromatic rings. The number of carbonyl (C=O) groups excluding carboxylic acids is 1. The summed E-state index contributed by atoms with van der Waals surface area (Å²) in [4.78, 5) is 11.9. The van der Waals surface area contributed by atoms with Crippen LogP contribution in [0, 0.1) is 5.82 Å². The second-order valence-electron chi connectivity index (χ2n) is 4.59. The zero-order valence-electron chi connectivity index (χ0n) is 9.63. The summed E-state index contributed by atoms with van der Waals surface area (Å²) in [6.07, 6.45) is 0.754. The van der Waals surface area contributed by atoms with Crippen LogP contribution in [0.4, 0.5) is 10.1 Å². The Bertz CT molecular complexity index is 422. The van der Waals surface area contributed by atoms with Crippen LogP contribution in [0.2, 0.25) is 0 Å². The lowest BCUT2D eigenvalue weighted by Crippen LogP contribution is -2.46. The van der Waals surface area contributed by atoms with Gasteiger partial charge in [-0.25, -0.2) is 4.39 Å². The van der Waals surface area contributed by atoms with E-state index in [1.54, 1.807) is 0 Å². The number of nitrogens with two attached hydrogens (primary N) is 1. The van der Waals surface area contributed by atoms with Crippen LogP contribution in [0.3, 0.4) is 0 Å². The summed E-state index contributed by atoms with van der Waals surface area (Å²) < 4.78 is 18.3. The Morgan fingerprint density at radius 3 is 2.88 bits per heavy atom. The van der Waals surface area contributed by atoms with Crippen molar-refractivity contribution >= 4 is 11.6 Å². The van der Waals surface area contributed by atoms with Gasteiger partial charge in [0.05, 0.1) is 12.1 Å². The summed E-state index contributed by atoms with van der Waals surface area (Å²) in [6.45, 7) is 3.01. The topological polar surface area (TPSA) is 64.4 Å². The number of hydrogen-bond donors (Lipinski definition) is 2. The van der Waals surface area contributed by atoms with Crippen LogP contribution in [-0.4, -0.2) is 24.7 Å². The average Bonchev–Trinajstić information content (AvgIpc) is 2.63. The molecule has 1 saturated heterocycles. The molecular weight excluding hydrogens is 223 g/mol. The number of benzene rings is 1. The largest absolute Gasteiger partial charge is 0.399 e. The number of anilines is 1. The van der Waals surface area contributed by atoms with Crippen LogP contribution >= 0.6 is 0 Å². The summed E-state index contributed by atoms with van der Waals surface area (Å²) in [7, 11) is 0. The molecular formula is C12H15FN2O2. The van der Waals surface area contributed by atoms with E-state index in [2.05, 4.69) is 5.32 Å². The van der Waals surface area contributed by atoms with Gasteiger partial charge in [-0.2, -0.15) is 0 Å². The van der Waals surface area contributed by atoms with Crippen LogP contribution in [0.25, 0.3) is 0 Å². The standard InChI is InChI=1S/C12H15FN2O2/c1-12(2-3-17-7-12)15-11(16)8-4-9(13)6-10(14)5-8/h4-6H,2-3,7,14H2,1H3,(H,15,16). The predicted molar refractivity (Wildman–Crippen MR) is 62.1 cm³/mol. The van der Waals surface area contributed by atoms with Gasteiger partial charge in [0.25, 0.3) is 5.91 Å². The molecule has 0 aliphatic carbocycles. The third-order valence-corrected chi connectivity index (χ3v) is 2.82. The molecule has 5 heteroatoms.